The molecule has 0 fully saturated rings. The van der Waals surface area contributed by atoms with E-state index in [-0.39, 0.29) is 0 Å². The van der Waals surface area contributed by atoms with E-state index in [0.29, 0.717) is 25.8 Å². The molecule has 0 aromatic carbocycles. The van der Waals surface area contributed by atoms with Gasteiger partial charge >= 0.3 is 0 Å². The lowest BCUT2D eigenvalue weighted by molar-refractivity contribution is 0.00556. The van der Waals surface area contributed by atoms with E-state index < -0.39 is 6.10 Å². The Morgan fingerprint density at radius 3 is 2.47 bits per heavy atom. The van der Waals surface area contributed by atoms with Crippen molar-refractivity contribution in [2.75, 3.05) is 40.0 Å². The molecule has 0 spiro atoms. The molecule has 0 aliphatic rings. The molecule has 0 rings (SSSR count). The Balaban J connectivity index is 3.74. The summed E-state index contributed by atoms with van der Waals surface area (Å²) in [5.74, 6) is 0. The summed E-state index contributed by atoms with van der Waals surface area (Å²) >= 11 is 0. The third-order valence-electron chi connectivity index (χ3n) is 2.71. The molecule has 0 amide bonds. The number of hydrogen-bond acceptors (Lipinski definition) is 4. The van der Waals surface area contributed by atoms with E-state index in [9.17, 15) is 5.11 Å². The summed E-state index contributed by atoms with van der Waals surface area (Å²) in [5.41, 5.74) is 0. The summed E-state index contributed by atoms with van der Waals surface area (Å²) in [6.45, 7) is 9.74. The molecule has 0 saturated carbocycles. The van der Waals surface area contributed by atoms with Gasteiger partial charge in [0.25, 0.3) is 0 Å². The predicted octanol–water partition coefficient (Wildman–Crippen LogP) is 1.52. The molecule has 1 unspecified atom stereocenters. The largest absolute Gasteiger partial charge is 0.389 e. The number of nitrogens with zero attached hydrogens (tertiary/aromatic N) is 1. The van der Waals surface area contributed by atoms with Gasteiger partial charge in [-0.05, 0) is 20.3 Å². The first-order valence-corrected chi connectivity index (χ1v) is 6.60. The smallest absolute Gasteiger partial charge is 0.0900 e. The summed E-state index contributed by atoms with van der Waals surface area (Å²) in [6, 6.07) is 0.412. The maximum atomic E-state index is 9.86. The molecule has 4 nitrogen and oxygen atoms in total. The van der Waals surface area contributed by atoms with Crippen molar-refractivity contribution in [2.45, 2.75) is 45.8 Å². The van der Waals surface area contributed by atoms with Crippen molar-refractivity contribution in [1.82, 2.24) is 4.90 Å². The molecule has 0 saturated heterocycles. The fourth-order valence-corrected chi connectivity index (χ4v) is 1.56. The number of methoxy groups -OCH3 is 1. The first kappa shape index (κ1) is 16.8. The van der Waals surface area contributed by atoms with Crippen molar-refractivity contribution in [3.63, 3.8) is 0 Å². The Morgan fingerprint density at radius 2 is 1.94 bits per heavy atom. The van der Waals surface area contributed by atoms with Crippen LogP contribution in [0.5, 0.6) is 0 Å². The molecule has 0 bridgehead atoms. The van der Waals surface area contributed by atoms with Gasteiger partial charge in [0.15, 0.2) is 0 Å². The topological polar surface area (TPSA) is 41.9 Å². The second-order valence-corrected chi connectivity index (χ2v) is 4.66. The van der Waals surface area contributed by atoms with E-state index in [4.69, 9.17) is 9.47 Å². The number of ether oxygens (including phenoxy) is 2. The van der Waals surface area contributed by atoms with Gasteiger partial charge in [-0.2, -0.15) is 0 Å². The van der Waals surface area contributed by atoms with Crippen LogP contribution in [0.25, 0.3) is 0 Å². The fraction of sp³-hybridized carbons (Fsp3) is 1.00. The van der Waals surface area contributed by atoms with E-state index >= 15 is 0 Å². The van der Waals surface area contributed by atoms with Crippen LogP contribution in [0, 0.1) is 0 Å². The first-order chi connectivity index (χ1) is 8.11. The van der Waals surface area contributed by atoms with E-state index in [1.54, 1.807) is 7.11 Å². The number of rotatable bonds is 11. The van der Waals surface area contributed by atoms with Crippen LogP contribution in [0.2, 0.25) is 0 Å². The van der Waals surface area contributed by atoms with Crippen LogP contribution in [-0.2, 0) is 9.47 Å². The van der Waals surface area contributed by atoms with Gasteiger partial charge < -0.3 is 14.6 Å². The molecule has 17 heavy (non-hydrogen) atoms. The lowest BCUT2D eigenvalue weighted by atomic mass is 10.2. The summed E-state index contributed by atoms with van der Waals surface area (Å²) in [4.78, 5) is 2.21. The molecule has 0 aliphatic carbocycles. The van der Waals surface area contributed by atoms with Crippen molar-refractivity contribution in [2.24, 2.45) is 0 Å². The van der Waals surface area contributed by atoms with Gasteiger partial charge in [-0.1, -0.05) is 13.3 Å². The first-order valence-electron chi connectivity index (χ1n) is 6.60. The van der Waals surface area contributed by atoms with Crippen LogP contribution in [0.4, 0.5) is 0 Å². The van der Waals surface area contributed by atoms with Crippen LogP contribution in [0.15, 0.2) is 0 Å². The van der Waals surface area contributed by atoms with Gasteiger partial charge in [-0.15, -0.1) is 0 Å². The number of unbranched alkanes of at least 4 members (excludes halogenated alkanes) is 1. The third-order valence-corrected chi connectivity index (χ3v) is 2.71. The average molecular weight is 247 g/mol. The minimum Gasteiger partial charge on any atom is -0.389 e. The Kier molecular flexibility index (Phi) is 10.9. The van der Waals surface area contributed by atoms with Gasteiger partial charge in [-0.25, -0.2) is 0 Å². The molecule has 0 radical (unpaired) electrons. The van der Waals surface area contributed by atoms with Crippen molar-refractivity contribution in [3.8, 4) is 0 Å². The molecule has 0 aliphatic heterocycles. The zero-order valence-electron chi connectivity index (χ0n) is 11.8. The van der Waals surface area contributed by atoms with Crippen molar-refractivity contribution in [3.05, 3.63) is 0 Å². The zero-order chi connectivity index (χ0) is 13.1. The number of aliphatic hydroxyl groups is 1. The minimum atomic E-state index is -0.411. The molecule has 104 valence electrons. The van der Waals surface area contributed by atoms with E-state index in [0.717, 1.165) is 26.0 Å². The van der Waals surface area contributed by atoms with Crippen molar-refractivity contribution in [1.29, 1.82) is 0 Å². The fourth-order valence-electron chi connectivity index (χ4n) is 1.56. The highest BCUT2D eigenvalue weighted by Gasteiger charge is 2.14. The van der Waals surface area contributed by atoms with Gasteiger partial charge in [-0.3, -0.25) is 4.90 Å². The Labute approximate surface area is 106 Å². The number of hydrogen-bond donors (Lipinski definition) is 1. The minimum absolute atomic E-state index is 0.411. The highest BCUT2D eigenvalue weighted by molar-refractivity contribution is 4.67. The number of aliphatic hydroxyl groups excluding tert-OH is 1. The van der Waals surface area contributed by atoms with Gasteiger partial charge in [0, 0.05) is 32.8 Å². The SMILES string of the molecule is CCCCOCC(O)CN(CCOC)C(C)C. The summed E-state index contributed by atoms with van der Waals surface area (Å²) in [5, 5.41) is 9.86. The second kappa shape index (κ2) is 11.0. The van der Waals surface area contributed by atoms with Gasteiger partial charge in [0.2, 0.25) is 0 Å². The second-order valence-electron chi connectivity index (χ2n) is 4.66. The Hall–Kier alpha value is -0.160. The maximum absolute atomic E-state index is 9.86. The van der Waals surface area contributed by atoms with Gasteiger partial charge in [0.1, 0.15) is 0 Å². The van der Waals surface area contributed by atoms with E-state index in [1.165, 1.54) is 0 Å². The summed E-state index contributed by atoms with van der Waals surface area (Å²) in [7, 11) is 1.70. The van der Waals surface area contributed by atoms with E-state index in [2.05, 4.69) is 25.7 Å². The highest BCUT2D eigenvalue weighted by Crippen LogP contribution is 2.01. The maximum Gasteiger partial charge on any atom is 0.0900 e. The Morgan fingerprint density at radius 1 is 1.24 bits per heavy atom. The monoisotopic (exact) mass is 247 g/mol. The molecule has 4 heteroatoms. The molecular formula is C13H29NO3. The standard InChI is InChI=1S/C13H29NO3/c1-5-6-8-17-11-13(15)10-14(12(2)3)7-9-16-4/h12-13,15H,5-11H2,1-4H3. The van der Waals surface area contributed by atoms with Crippen LogP contribution in [0.1, 0.15) is 33.6 Å². The third kappa shape index (κ3) is 9.53. The van der Waals surface area contributed by atoms with Crippen LogP contribution in [-0.4, -0.2) is 62.2 Å². The highest BCUT2D eigenvalue weighted by atomic mass is 16.5. The molecule has 0 heterocycles. The molecule has 1 N–H and O–H groups in total. The molecule has 0 aromatic heterocycles. The molecule has 0 aromatic rings. The van der Waals surface area contributed by atoms with Crippen molar-refractivity contribution >= 4 is 0 Å². The molecular weight excluding hydrogens is 218 g/mol. The normalized spacial score (nSPS) is 13.6. The summed E-state index contributed by atoms with van der Waals surface area (Å²) in [6.07, 6.45) is 1.78. The lowest BCUT2D eigenvalue weighted by Crippen LogP contribution is -2.41. The van der Waals surface area contributed by atoms with Crippen LogP contribution in [0.3, 0.4) is 0 Å². The predicted molar refractivity (Wildman–Crippen MR) is 70.3 cm³/mol. The van der Waals surface area contributed by atoms with Crippen LogP contribution >= 0.6 is 0 Å². The average Bonchev–Trinajstić information content (AvgIpc) is 2.29. The van der Waals surface area contributed by atoms with Crippen molar-refractivity contribution < 1.29 is 14.6 Å². The van der Waals surface area contributed by atoms with Gasteiger partial charge in [0.05, 0.1) is 19.3 Å². The lowest BCUT2D eigenvalue weighted by Gasteiger charge is -2.28. The summed E-state index contributed by atoms with van der Waals surface area (Å²) < 4.78 is 10.5. The van der Waals surface area contributed by atoms with E-state index in [1.807, 2.05) is 0 Å². The molecule has 1 atom stereocenters. The van der Waals surface area contributed by atoms with Crippen LogP contribution < -0.4 is 0 Å². The zero-order valence-corrected chi connectivity index (χ0v) is 11.8. The Bertz CT molecular complexity index is 165. The quantitative estimate of drug-likeness (QED) is 0.562.